The molecule has 0 fully saturated rings. The number of nitrogens with two attached hydrogens (primary N) is 1. The van der Waals surface area contributed by atoms with E-state index in [0.717, 1.165) is 8.95 Å². The molecule has 0 bridgehead atoms. The summed E-state index contributed by atoms with van der Waals surface area (Å²) in [6.45, 7) is 0. The number of anilines is 1. The quantitative estimate of drug-likeness (QED) is 0.349. The number of aromatic nitrogens is 6. The number of nitrogens with zero attached hydrogens (tertiary/aromatic N) is 6. The molecule has 0 saturated carbocycles. The molecule has 0 aliphatic carbocycles. The van der Waals surface area contributed by atoms with Gasteiger partial charge in [-0.15, -0.1) is 0 Å². The van der Waals surface area contributed by atoms with Crippen LogP contribution >= 0.6 is 66.7 Å². The van der Waals surface area contributed by atoms with Crippen LogP contribution in [0.5, 0.6) is 0 Å². The van der Waals surface area contributed by atoms with Crippen molar-refractivity contribution in [1.82, 2.24) is 29.2 Å². The van der Waals surface area contributed by atoms with Gasteiger partial charge in [0.2, 0.25) is 0 Å². The molecule has 4 rings (SSSR count). The molecule has 2 N–H and O–H groups in total. The average molecular weight is 514 g/mol. The molecule has 0 aliphatic heterocycles. The van der Waals surface area contributed by atoms with Crippen molar-refractivity contribution >= 4 is 83.8 Å². The molecule has 0 atom stereocenters. The molecule has 0 radical (unpaired) electrons. The smallest absolute Gasteiger partial charge is 0.173 e. The lowest BCUT2D eigenvalue weighted by molar-refractivity contribution is 0.940. The minimum atomic E-state index is 0.355. The molecule has 4 heterocycles. The fraction of sp³-hybridized carbons (Fsp3) is 0. The fourth-order valence-corrected chi connectivity index (χ4v) is 3.15. The maximum atomic E-state index is 5.83. The van der Waals surface area contributed by atoms with Crippen molar-refractivity contribution in [2.75, 3.05) is 5.73 Å². The van der Waals surface area contributed by atoms with Crippen LogP contribution in [-0.2, 0) is 0 Å². The first kappa shape index (κ1) is 17.7. The lowest BCUT2D eigenvalue weighted by atomic mass is 10.5. The van der Waals surface area contributed by atoms with E-state index in [-0.39, 0.29) is 0 Å². The highest BCUT2D eigenvalue weighted by Gasteiger charge is 2.07. The highest BCUT2D eigenvalue weighted by Crippen LogP contribution is 2.22. The van der Waals surface area contributed by atoms with E-state index in [1.165, 1.54) is 15.1 Å². The Kier molecular flexibility index (Phi) is 5.16. The number of hydrogen-bond acceptors (Lipinski definition) is 5. The maximum Gasteiger partial charge on any atom is 0.173 e. The van der Waals surface area contributed by atoms with E-state index < -0.39 is 0 Å². The van der Waals surface area contributed by atoms with Crippen molar-refractivity contribution in [2.24, 2.45) is 0 Å². The summed E-state index contributed by atoms with van der Waals surface area (Å²) in [5.74, 6) is 0.468. The van der Waals surface area contributed by atoms with Gasteiger partial charge >= 0.3 is 0 Å². The monoisotopic (exact) mass is 511 g/mol. The van der Waals surface area contributed by atoms with Gasteiger partial charge in [-0.25, -0.2) is 14.5 Å². The van der Waals surface area contributed by atoms with E-state index in [9.17, 15) is 0 Å². The van der Waals surface area contributed by atoms with Crippen LogP contribution in [0.25, 0.3) is 11.3 Å². The first-order valence-corrected chi connectivity index (χ1v) is 8.89. The van der Waals surface area contributed by atoms with Crippen molar-refractivity contribution in [3.05, 3.63) is 48.9 Å². The van der Waals surface area contributed by atoms with Gasteiger partial charge in [0, 0.05) is 12.1 Å². The number of rotatable bonds is 0. The Morgan fingerprint density at radius 2 is 1.33 bits per heavy atom. The summed E-state index contributed by atoms with van der Waals surface area (Å²) in [6, 6.07) is 3.09. The van der Waals surface area contributed by atoms with Crippen molar-refractivity contribution in [3.8, 4) is 0 Å². The third kappa shape index (κ3) is 3.45. The molecule has 0 aliphatic rings. The molecule has 7 nitrogen and oxygen atoms in total. The lowest BCUT2D eigenvalue weighted by Gasteiger charge is -1.98. The summed E-state index contributed by atoms with van der Waals surface area (Å²) in [4.78, 5) is 8.07. The predicted octanol–water partition coefficient (Wildman–Crippen LogP) is 4.53. The fourth-order valence-electron chi connectivity index (χ4n) is 1.80. The van der Waals surface area contributed by atoms with E-state index in [2.05, 4.69) is 52.0 Å². The van der Waals surface area contributed by atoms with Gasteiger partial charge in [-0.2, -0.15) is 14.7 Å². The summed E-state index contributed by atoms with van der Waals surface area (Å²) in [7, 11) is 0. The Hall–Kier alpha value is -1.13. The summed E-state index contributed by atoms with van der Waals surface area (Å²) in [6.07, 6.45) is 3.24. The number of hydrogen-bond donors (Lipinski definition) is 1. The zero-order chi connectivity index (χ0) is 17.4. The maximum absolute atomic E-state index is 5.83. The Balaban J connectivity index is 0.000000141. The van der Waals surface area contributed by atoms with E-state index in [4.69, 9.17) is 40.5 Å². The van der Waals surface area contributed by atoms with Crippen LogP contribution in [0.3, 0.4) is 0 Å². The van der Waals surface area contributed by atoms with Crippen LogP contribution in [0.4, 0.5) is 5.82 Å². The average Bonchev–Trinajstić information content (AvgIpc) is 3.05. The molecular formula is C12H6Br2Cl3N7. The number of fused-ring (bicyclic) bond motifs is 2. The topological polar surface area (TPSA) is 86.4 Å². The standard InChI is InChI=1S/C6H2BrCl2N3.C6H4BrClN4/c2*7-3-2-10-12-5(9)1-4(8)11-6(3)12/h1-2H;1-2H,9H2. The number of halogens is 5. The molecule has 0 unspecified atom stereocenters. The van der Waals surface area contributed by atoms with Crippen LogP contribution in [0.2, 0.25) is 15.5 Å². The molecule has 24 heavy (non-hydrogen) atoms. The highest BCUT2D eigenvalue weighted by atomic mass is 79.9. The van der Waals surface area contributed by atoms with Crippen molar-refractivity contribution in [1.29, 1.82) is 0 Å². The van der Waals surface area contributed by atoms with Gasteiger partial charge in [0.25, 0.3) is 0 Å². The van der Waals surface area contributed by atoms with Crippen LogP contribution in [0.15, 0.2) is 33.5 Å². The molecule has 124 valence electrons. The van der Waals surface area contributed by atoms with Crippen LogP contribution in [-0.4, -0.2) is 29.2 Å². The third-order valence-corrected chi connectivity index (χ3v) is 4.55. The van der Waals surface area contributed by atoms with Crippen molar-refractivity contribution in [2.45, 2.75) is 0 Å². The molecule has 4 aromatic heterocycles. The van der Waals surface area contributed by atoms with Gasteiger partial charge in [0.15, 0.2) is 11.3 Å². The second-order valence-corrected chi connectivity index (χ2v) is 7.23. The third-order valence-electron chi connectivity index (χ3n) is 2.78. The minimum Gasteiger partial charge on any atom is -0.383 e. The van der Waals surface area contributed by atoms with Gasteiger partial charge in [-0.1, -0.05) is 34.8 Å². The van der Waals surface area contributed by atoms with Gasteiger partial charge in [0.1, 0.15) is 21.3 Å². The molecular weight excluding hydrogens is 508 g/mol. The normalized spacial score (nSPS) is 10.9. The highest BCUT2D eigenvalue weighted by molar-refractivity contribution is 9.11. The molecule has 0 aromatic carbocycles. The lowest BCUT2D eigenvalue weighted by Crippen LogP contribution is -1.99. The molecule has 4 aromatic rings. The zero-order valence-electron chi connectivity index (χ0n) is 11.5. The van der Waals surface area contributed by atoms with E-state index in [1.54, 1.807) is 18.5 Å². The largest absolute Gasteiger partial charge is 0.383 e. The molecule has 0 saturated heterocycles. The second kappa shape index (κ2) is 7.01. The van der Waals surface area contributed by atoms with E-state index >= 15 is 0 Å². The molecule has 0 amide bonds. The van der Waals surface area contributed by atoms with Gasteiger partial charge in [0.05, 0.1) is 21.3 Å². The number of nitrogen functional groups attached to an aromatic ring is 1. The van der Waals surface area contributed by atoms with Crippen LogP contribution in [0, 0.1) is 0 Å². The Labute approximate surface area is 167 Å². The van der Waals surface area contributed by atoms with Crippen LogP contribution < -0.4 is 5.73 Å². The zero-order valence-corrected chi connectivity index (χ0v) is 16.9. The SMILES string of the molecule is Clc1cc(Cl)n2ncc(Br)c2n1.Nc1cc(Cl)nc2c(Br)cnn12. The van der Waals surface area contributed by atoms with Gasteiger partial charge in [-0.3, -0.25) is 0 Å². The summed E-state index contributed by atoms with van der Waals surface area (Å²) >= 11 is 23.8. The first-order chi connectivity index (χ1) is 11.4. The Morgan fingerprint density at radius 3 is 1.96 bits per heavy atom. The Bertz CT molecular complexity index is 962. The Morgan fingerprint density at radius 1 is 0.833 bits per heavy atom. The predicted molar refractivity (Wildman–Crippen MR) is 101 cm³/mol. The van der Waals surface area contributed by atoms with Crippen molar-refractivity contribution in [3.63, 3.8) is 0 Å². The summed E-state index contributed by atoms with van der Waals surface area (Å²) in [5.41, 5.74) is 6.87. The van der Waals surface area contributed by atoms with Crippen molar-refractivity contribution < 1.29 is 0 Å². The second-order valence-electron chi connectivity index (χ2n) is 4.36. The summed E-state index contributed by atoms with van der Waals surface area (Å²) in [5, 5.41) is 9.12. The van der Waals surface area contributed by atoms with Crippen LogP contribution in [0.1, 0.15) is 0 Å². The molecule has 12 heteroatoms. The van der Waals surface area contributed by atoms with E-state index in [1.807, 2.05) is 0 Å². The summed E-state index contributed by atoms with van der Waals surface area (Å²) < 4.78 is 4.55. The van der Waals surface area contributed by atoms with Gasteiger partial charge < -0.3 is 5.73 Å². The van der Waals surface area contributed by atoms with Gasteiger partial charge in [-0.05, 0) is 31.9 Å². The minimum absolute atomic E-state index is 0.355. The molecule has 0 spiro atoms. The van der Waals surface area contributed by atoms with E-state index in [0.29, 0.717) is 32.6 Å². The first-order valence-electron chi connectivity index (χ1n) is 6.17.